The third kappa shape index (κ3) is 4.45. The van der Waals surface area contributed by atoms with Gasteiger partial charge in [0, 0.05) is 23.5 Å². The molecule has 1 amide bonds. The van der Waals surface area contributed by atoms with Gasteiger partial charge in [-0.1, -0.05) is 70.5 Å². The van der Waals surface area contributed by atoms with Gasteiger partial charge < -0.3 is 14.7 Å². The van der Waals surface area contributed by atoms with Crippen molar-refractivity contribution in [1.82, 2.24) is 4.90 Å². The van der Waals surface area contributed by atoms with Gasteiger partial charge in [0.2, 0.25) is 0 Å². The van der Waals surface area contributed by atoms with Crippen molar-refractivity contribution < 1.29 is 23.8 Å². The van der Waals surface area contributed by atoms with Crippen molar-refractivity contribution >= 4 is 28.0 Å². The zero-order valence-corrected chi connectivity index (χ0v) is 20.6. The van der Waals surface area contributed by atoms with Crippen molar-refractivity contribution in [2.75, 3.05) is 19.7 Å². The van der Waals surface area contributed by atoms with Gasteiger partial charge in [-0.15, -0.1) is 0 Å². The Bertz CT molecular complexity index is 1250. The quantitative estimate of drug-likeness (QED) is 0.417. The standard InChI is InChI=1S/C28H25BrFNO4/c29-19-11-10-18(25(30)14-19)15-28(26(32)33)12-5-13-31(17-28)27(34)35-16-24-22-8-3-1-6-20(22)21-7-2-4-9-23(21)24/h1-4,6-11,14,24H,5,12-13,15-17H2,(H,32,33). The minimum Gasteiger partial charge on any atom is -0.481 e. The van der Waals surface area contributed by atoms with E-state index >= 15 is 0 Å². The fraction of sp³-hybridized carbons (Fsp3) is 0.286. The third-order valence-corrected chi connectivity index (χ3v) is 7.66. The van der Waals surface area contributed by atoms with Gasteiger partial charge in [0.25, 0.3) is 0 Å². The number of amides is 1. The van der Waals surface area contributed by atoms with Gasteiger partial charge in [0.15, 0.2) is 0 Å². The van der Waals surface area contributed by atoms with Crippen molar-refractivity contribution in [3.05, 3.63) is 93.7 Å². The molecule has 0 bridgehead atoms. The second-order valence-corrected chi connectivity index (χ2v) is 10.2. The first-order valence-electron chi connectivity index (χ1n) is 11.7. The number of carboxylic acids is 1. The summed E-state index contributed by atoms with van der Waals surface area (Å²) in [5.74, 6) is -1.56. The molecule has 7 heteroatoms. The molecule has 1 heterocycles. The number of carbonyl (C=O) groups excluding carboxylic acids is 1. The number of carbonyl (C=O) groups is 2. The average molecular weight is 538 g/mol. The molecule has 0 saturated carbocycles. The van der Waals surface area contributed by atoms with Gasteiger partial charge >= 0.3 is 12.1 Å². The predicted molar refractivity (Wildman–Crippen MR) is 134 cm³/mol. The summed E-state index contributed by atoms with van der Waals surface area (Å²) in [5.41, 5.74) is 3.58. The molecule has 5 nitrogen and oxygen atoms in total. The van der Waals surface area contributed by atoms with E-state index in [9.17, 15) is 19.1 Å². The van der Waals surface area contributed by atoms with Crippen LogP contribution in [0.2, 0.25) is 0 Å². The molecule has 1 saturated heterocycles. The Labute approximate surface area is 211 Å². The lowest BCUT2D eigenvalue weighted by atomic mass is 9.75. The number of hydrogen-bond acceptors (Lipinski definition) is 3. The molecule has 3 aromatic carbocycles. The first-order valence-corrected chi connectivity index (χ1v) is 12.4. The number of hydrogen-bond donors (Lipinski definition) is 1. The second kappa shape index (κ2) is 9.46. The summed E-state index contributed by atoms with van der Waals surface area (Å²) < 4.78 is 20.8. The molecule has 0 aromatic heterocycles. The number of rotatable bonds is 5. The molecule has 1 unspecified atom stereocenters. The topological polar surface area (TPSA) is 66.8 Å². The zero-order chi connectivity index (χ0) is 24.6. The number of aliphatic carboxylic acids is 1. The van der Waals surface area contributed by atoms with Crippen molar-refractivity contribution in [3.8, 4) is 11.1 Å². The fourth-order valence-corrected chi connectivity index (χ4v) is 5.73. The Kier molecular flexibility index (Phi) is 6.36. The SMILES string of the molecule is O=C(OCC1c2ccccc2-c2ccccc21)N1CCCC(Cc2ccc(Br)cc2F)(C(=O)O)C1. The summed E-state index contributed by atoms with van der Waals surface area (Å²) in [7, 11) is 0. The van der Waals surface area contributed by atoms with E-state index in [0.29, 0.717) is 29.4 Å². The van der Waals surface area contributed by atoms with Crippen LogP contribution in [0.1, 0.15) is 35.4 Å². The van der Waals surface area contributed by atoms with Gasteiger partial charge in [-0.05, 0) is 59.2 Å². The number of carboxylic acid groups (broad SMARTS) is 1. The van der Waals surface area contributed by atoms with Crippen molar-refractivity contribution in [1.29, 1.82) is 0 Å². The van der Waals surface area contributed by atoms with Crippen LogP contribution in [0.5, 0.6) is 0 Å². The van der Waals surface area contributed by atoms with Crippen LogP contribution in [-0.4, -0.2) is 41.8 Å². The van der Waals surface area contributed by atoms with Gasteiger partial charge in [-0.3, -0.25) is 4.79 Å². The van der Waals surface area contributed by atoms with Crippen molar-refractivity contribution in [2.45, 2.75) is 25.2 Å². The van der Waals surface area contributed by atoms with Crippen molar-refractivity contribution in [2.24, 2.45) is 5.41 Å². The van der Waals surface area contributed by atoms with E-state index in [0.717, 1.165) is 22.3 Å². The van der Waals surface area contributed by atoms with Crippen LogP contribution in [0, 0.1) is 11.2 Å². The maximum atomic E-state index is 14.5. The highest BCUT2D eigenvalue weighted by Gasteiger charge is 2.45. The molecule has 1 atom stereocenters. The molecule has 180 valence electrons. The Hall–Kier alpha value is -3.19. The van der Waals surface area contributed by atoms with E-state index in [1.165, 1.54) is 11.0 Å². The lowest BCUT2D eigenvalue weighted by Gasteiger charge is -2.39. The molecular weight excluding hydrogens is 513 g/mol. The summed E-state index contributed by atoms with van der Waals surface area (Å²) in [6.07, 6.45) is 0.349. The lowest BCUT2D eigenvalue weighted by Crippen LogP contribution is -2.51. The maximum Gasteiger partial charge on any atom is 0.409 e. The molecule has 0 radical (unpaired) electrons. The molecule has 1 N–H and O–H groups in total. The van der Waals surface area contributed by atoms with Crippen LogP contribution >= 0.6 is 15.9 Å². The molecule has 5 rings (SSSR count). The normalized spacial score (nSPS) is 19.2. The van der Waals surface area contributed by atoms with E-state index < -0.39 is 23.3 Å². The largest absolute Gasteiger partial charge is 0.481 e. The average Bonchev–Trinajstić information content (AvgIpc) is 3.18. The smallest absolute Gasteiger partial charge is 0.409 e. The highest BCUT2D eigenvalue weighted by Crippen LogP contribution is 2.44. The first-order chi connectivity index (χ1) is 16.9. The highest BCUT2D eigenvalue weighted by molar-refractivity contribution is 9.10. The van der Waals surface area contributed by atoms with Crippen LogP contribution in [0.3, 0.4) is 0 Å². The van der Waals surface area contributed by atoms with E-state index in [-0.39, 0.29) is 25.5 Å². The van der Waals surface area contributed by atoms with Gasteiger partial charge in [-0.25, -0.2) is 9.18 Å². The number of ether oxygens (including phenoxy) is 1. The van der Waals surface area contributed by atoms with Crippen LogP contribution in [0.4, 0.5) is 9.18 Å². The number of likely N-dealkylation sites (tertiary alicyclic amines) is 1. The third-order valence-electron chi connectivity index (χ3n) is 7.17. The van der Waals surface area contributed by atoms with Crippen molar-refractivity contribution in [3.63, 3.8) is 0 Å². The molecule has 0 spiro atoms. The molecule has 3 aromatic rings. The monoisotopic (exact) mass is 537 g/mol. The fourth-order valence-electron chi connectivity index (χ4n) is 5.40. The van der Waals surface area contributed by atoms with E-state index in [4.69, 9.17) is 4.74 Å². The number of piperidine rings is 1. The Morgan fingerprint density at radius 2 is 1.71 bits per heavy atom. The summed E-state index contributed by atoms with van der Waals surface area (Å²) in [4.78, 5) is 26.9. The second-order valence-electron chi connectivity index (χ2n) is 9.33. The van der Waals surface area contributed by atoms with Gasteiger partial charge in [0.05, 0.1) is 5.41 Å². The van der Waals surface area contributed by atoms with Crippen LogP contribution in [-0.2, 0) is 16.0 Å². The maximum absolute atomic E-state index is 14.5. The number of benzene rings is 3. The molecule has 35 heavy (non-hydrogen) atoms. The summed E-state index contributed by atoms with van der Waals surface area (Å²) in [6.45, 7) is 0.563. The first kappa shape index (κ1) is 23.5. The Balaban J connectivity index is 1.32. The molecular formula is C28H25BrFNO4. The van der Waals surface area contributed by atoms with E-state index in [1.807, 2.05) is 24.3 Å². The minimum absolute atomic E-state index is 0.00853. The van der Waals surface area contributed by atoms with E-state index in [2.05, 4.69) is 40.2 Å². The number of halogens is 2. The number of fused-ring (bicyclic) bond motifs is 3. The van der Waals surface area contributed by atoms with Crippen LogP contribution < -0.4 is 0 Å². The summed E-state index contributed by atoms with van der Waals surface area (Å²) in [6, 6.07) is 20.8. The minimum atomic E-state index is -1.27. The van der Waals surface area contributed by atoms with Gasteiger partial charge in [0.1, 0.15) is 12.4 Å². The molecule has 1 fully saturated rings. The molecule has 2 aliphatic rings. The molecule has 1 aliphatic carbocycles. The Morgan fingerprint density at radius 1 is 1.06 bits per heavy atom. The predicted octanol–water partition coefficient (Wildman–Crippen LogP) is 6.25. The zero-order valence-electron chi connectivity index (χ0n) is 19.0. The number of nitrogens with zero attached hydrogens (tertiary/aromatic N) is 1. The Morgan fingerprint density at radius 3 is 2.34 bits per heavy atom. The van der Waals surface area contributed by atoms with Crippen LogP contribution in [0.25, 0.3) is 11.1 Å². The molecule has 1 aliphatic heterocycles. The summed E-state index contributed by atoms with van der Waals surface area (Å²) >= 11 is 3.23. The lowest BCUT2D eigenvalue weighted by molar-refractivity contribution is -0.152. The van der Waals surface area contributed by atoms with Gasteiger partial charge in [-0.2, -0.15) is 0 Å². The summed E-state index contributed by atoms with van der Waals surface area (Å²) in [5, 5.41) is 10.1. The highest BCUT2D eigenvalue weighted by atomic mass is 79.9. The van der Waals surface area contributed by atoms with E-state index in [1.54, 1.807) is 12.1 Å². The van der Waals surface area contributed by atoms with Crippen LogP contribution in [0.15, 0.2) is 71.2 Å².